The average Bonchev–Trinajstić information content (AvgIpc) is 3.18. The maximum Gasteiger partial charge on any atom is 0.251 e. The third-order valence-electron chi connectivity index (χ3n) is 6.10. The third kappa shape index (κ3) is 2.57. The molecule has 0 aliphatic carbocycles. The molecular formula is C22H20N6O. The number of anilines is 1. The summed E-state index contributed by atoms with van der Waals surface area (Å²) >= 11 is 0. The Bertz CT molecular complexity index is 1260. The summed E-state index contributed by atoms with van der Waals surface area (Å²) in [5.74, 6) is 1.42. The van der Waals surface area contributed by atoms with Crippen LogP contribution < -0.4 is 10.5 Å². The fourth-order valence-corrected chi connectivity index (χ4v) is 4.94. The normalized spacial score (nSPS) is 20.6. The van der Waals surface area contributed by atoms with E-state index in [1.807, 2.05) is 51.8 Å². The lowest BCUT2D eigenvalue weighted by Crippen LogP contribution is -2.48. The molecule has 0 radical (unpaired) electrons. The van der Waals surface area contributed by atoms with Gasteiger partial charge in [0.2, 0.25) is 0 Å². The lowest BCUT2D eigenvalue weighted by Gasteiger charge is -2.43. The number of para-hydroxylation sites is 1. The zero-order valence-electron chi connectivity index (χ0n) is 15.8. The molecule has 4 aromatic rings. The van der Waals surface area contributed by atoms with E-state index in [1.165, 1.54) is 0 Å². The summed E-state index contributed by atoms with van der Waals surface area (Å²) in [4.78, 5) is 23.9. The molecule has 0 saturated carbocycles. The van der Waals surface area contributed by atoms with E-state index in [-0.39, 0.29) is 11.6 Å². The predicted molar refractivity (Wildman–Crippen MR) is 110 cm³/mol. The van der Waals surface area contributed by atoms with Crippen molar-refractivity contribution in [2.45, 2.75) is 18.9 Å². The van der Waals surface area contributed by atoms with E-state index in [0.717, 1.165) is 54.2 Å². The summed E-state index contributed by atoms with van der Waals surface area (Å²) in [5, 5.41) is 5.52. The van der Waals surface area contributed by atoms with E-state index in [2.05, 4.69) is 26.0 Å². The lowest BCUT2D eigenvalue weighted by atomic mass is 9.86. The molecule has 0 N–H and O–H groups in total. The van der Waals surface area contributed by atoms with Gasteiger partial charge in [0.15, 0.2) is 5.65 Å². The fourth-order valence-electron chi connectivity index (χ4n) is 4.94. The maximum atomic E-state index is 12.5. The molecule has 5 heterocycles. The van der Waals surface area contributed by atoms with Gasteiger partial charge in [-0.2, -0.15) is 5.10 Å². The third-order valence-corrected chi connectivity index (χ3v) is 6.10. The minimum Gasteiger partial charge on any atom is -0.354 e. The monoisotopic (exact) mass is 384 g/mol. The first-order valence-corrected chi connectivity index (χ1v) is 9.97. The zero-order valence-corrected chi connectivity index (χ0v) is 15.8. The van der Waals surface area contributed by atoms with Gasteiger partial charge in [-0.25, -0.2) is 14.6 Å². The van der Waals surface area contributed by atoms with Crippen molar-refractivity contribution in [1.29, 1.82) is 0 Å². The number of rotatable bonds is 2. The van der Waals surface area contributed by atoms with Gasteiger partial charge in [-0.05, 0) is 37.0 Å². The zero-order chi connectivity index (χ0) is 19.4. The van der Waals surface area contributed by atoms with Gasteiger partial charge in [0, 0.05) is 24.8 Å². The largest absolute Gasteiger partial charge is 0.354 e. The molecule has 7 heteroatoms. The van der Waals surface area contributed by atoms with Crippen molar-refractivity contribution in [2.24, 2.45) is 5.92 Å². The second-order valence-corrected chi connectivity index (χ2v) is 7.92. The van der Waals surface area contributed by atoms with Crippen molar-refractivity contribution in [2.75, 3.05) is 18.0 Å². The molecule has 144 valence electrons. The maximum absolute atomic E-state index is 12.5. The summed E-state index contributed by atoms with van der Waals surface area (Å²) in [6, 6.07) is 15.8. The summed E-state index contributed by atoms with van der Waals surface area (Å²) < 4.78 is 3.83. The molecule has 1 aromatic carbocycles. The van der Waals surface area contributed by atoms with Crippen molar-refractivity contribution in [3.63, 3.8) is 0 Å². The summed E-state index contributed by atoms with van der Waals surface area (Å²) in [5.41, 5.74) is 3.03. The Hall–Kier alpha value is -3.48. The summed E-state index contributed by atoms with van der Waals surface area (Å²) in [6.07, 6.45) is 5.44. The molecule has 29 heavy (non-hydrogen) atoms. The molecule has 6 rings (SSSR count). The van der Waals surface area contributed by atoms with Crippen LogP contribution in [-0.2, 0) is 6.42 Å². The van der Waals surface area contributed by atoms with E-state index in [9.17, 15) is 4.79 Å². The first-order valence-electron chi connectivity index (χ1n) is 9.97. The highest BCUT2D eigenvalue weighted by Gasteiger charge is 2.35. The smallest absolute Gasteiger partial charge is 0.251 e. The van der Waals surface area contributed by atoms with Crippen LogP contribution in [0.2, 0.25) is 0 Å². The second-order valence-electron chi connectivity index (χ2n) is 7.92. The van der Waals surface area contributed by atoms with Crippen LogP contribution in [0.15, 0.2) is 65.8 Å². The SMILES string of the molecule is O=c1cccc2n1[C@H]1C[C@@H](C2)CN(c2ncnc3c2cnn3-c2ccccc2)C1. The van der Waals surface area contributed by atoms with Crippen molar-refractivity contribution in [3.05, 3.63) is 77.1 Å². The van der Waals surface area contributed by atoms with Crippen LogP contribution in [0.3, 0.4) is 0 Å². The van der Waals surface area contributed by atoms with Crippen LogP contribution in [0.4, 0.5) is 5.82 Å². The fraction of sp³-hybridized carbons (Fsp3) is 0.273. The minimum atomic E-state index is 0.0949. The van der Waals surface area contributed by atoms with Crippen molar-refractivity contribution in [1.82, 2.24) is 24.3 Å². The molecule has 2 atom stereocenters. The number of nitrogens with zero attached hydrogens (tertiary/aromatic N) is 6. The Labute approximate surface area is 167 Å². The van der Waals surface area contributed by atoms with Crippen LogP contribution in [0.1, 0.15) is 18.2 Å². The number of aromatic nitrogens is 5. The number of fused-ring (bicyclic) bond motifs is 5. The highest BCUT2D eigenvalue weighted by Crippen LogP contribution is 2.36. The van der Waals surface area contributed by atoms with Gasteiger partial charge >= 0.3 is 0 Å². The standard InChI is InChI=1S/C22H20N6O/c29-20-8-4-7-17-9-15-10-18(27(17)20)13-26(12-15)21-19-11-25-28(22(19)24-14-23-21)16-5-2-1-3-6-16/h1-8,11,14-15,18H,9-10,12-13H2/t15-,18+/m1/s1. The first-order chi connectivity index (χ1) is 14.3. The highest BCUT2D eigenvalue weighted by molar-refractivity contribution is 5.87. The predicted octanol–water partition coefficient (Wildman–Crippen LogP) is 2.60. The van der Waals surface area contributed by atoms with Crippen molar-refractivity contribution in [3.8, 4) is 5.69 Å². The number of piperidine rings is 1. The van der Waals surface area contributed by atoms with E-state index in [1.54, 1.807) is 12.4 Å². The van der Waals surface area contributed by atoms with Gasteiger partial charge in [-0.15, -0.1) is 0 Å². The number of pyridine rings is 1. The Morgan fingerprint density at radius 2 is 1.86 bits per heavy atom. The lowest BCUT2D eigenvalue weighted by molar-refractivity contribution is 0.263. The molecule has 2 aliphatic heterocycles. The number of hydrogen-bond donors (Lipinski definition) is 0. The molecule has 0 unspecified atom stereocenters. The van der Waals surface area contributed by atoms with Gasteiger partial charge in [-0.1, -0.05) is 24.3 Å². The number of hydrogen-bond acceptors (Lipinski definition) is 5. The van der Waals surface area contributed by atoms with E-state index < -0.39 is 0 Å². The molecule has 1 saturated heterocycles. The second kappa shape index (κ2) is 6.27. The van der Waals surface area contributed by atoms with Gasteiger partial charge < -0.3 is 9.47 Å². The van der Waals surface area contributed by atoms with Crippen LogP contribution in [0, 0.1) is 5.92 Å². The molecule has 3 aromatic heterocycles. The molecule has 7 nitrogen and oxygen atoms in total. The van der Waals surface area contributed by atoms with Crippen LogP contribution >= 0.6 is 0 Å². The van der Waals surface area contributed by atoms with Gasteiger partial charge in [0.25, 0.3) is 5.56 Å². The Morgan fingerprint density at radius 3 is 2.76 bits per heavy atom. The molecule has 1 fully saturated rings. The van der Waals surface area contributed by atoms with Gasteiger partial charge in [-0.3, -0.25) is 4.79 Å². The Kier molecular flexibility index (Phi) is 3.56. The van der Waals surface area contributed by atoms with Gasteiger partial charge in [0.1, 0.15) is 12.1 Å². The van der Waals surface area contributed by atoms with Crippen LogP contribution in [0.25, 0.3) is 16.7 Å². The Balaban J connectivity index is 1.42. The van der Waals surface area contributed by atoms with Gasteiger partial charge in [0.05, 0.1) is 23.3 Å². The van der Waals surface area contributed by atoms with Crippen molar-refractivity contribution < 1.29 is 0 Å². The summed E-state index contributed by atoms with van der Waals surface area (Å²) in [6.45, 7) is 1.71. The van der Waals surface area contributed by atoms with Crippen LogP contribution in [0.5, 0.6) is 0 Å². The molecular weight excluding hydrogens is 364 g/mol. The molecule has 2 bridgehead atoms. The first kappa shape index (κ1) is 16.5. The van der Waals surface area contributed by atoms with E-state index in [4.69, 9.17) is 0 Å². The Morgan fingerprint density at radius 1 is 0.966 bits per heavy atom. The average molecular weight is 384 g/mol. The summed E-state index contributed by atoms with van der Waals surface area (Å²) in [7, 11) is 0. The van der Waals surface area contributed by atoms with Crippen molar-refractivity contribution >= 4 is 16.9 Å². The van der Waals surface area contributed by atoms with Crippen LogP contribution in [-0.4, -0.2) is 37.4 Å². The quantitative estimate of drug-likeness (QED) is 0.531. The molecule has 0 spiro atoms. The molecule has 2 aliphatic rings. The number of benzene rings is 1. The molecule has 0 amide bonds. The minimum absolute atomic E-state index is 0.0949. The topological polar surface area (TPSA) is 68.8 Å². The van der Waals surface area contributed by atoms with E-state index in [0.29, 0.717) is 5.92 Å². The van der Waals surface area contributed by atoms with E-state index >= 15 is 0 Å². The highest BCUT2D eigenvalue weighted by atomic mass is 16.1.